The van der Waals surface area contributed by atoms with Gasteiger partial charge in [-0.3, -0.25) is 4.79 Å². The molecule has 0 spiro atoms. The quantitative estimate of drug-likeness (QED) is 0.802. The monoisotopic (exact) mass is 224 g/mol. The Labute approximate surface area is 94.0 Å². The SMILES string of the molecule is COc1ccc(CNC(=O)C[O])cc1OC. The second-order valence-electron chi connectivity index (χ2n) is 3.11. The molecule has 1 aromatic rings. The Morgan fingerprint density at radius 3 is 2.50 bits per heavy atom. The fourth-order valence-corrected chi connectivity index (χ4v) is 1.24. The molecule has 0 saturated heterocycles. The fraction of sp³-hybridized carbons (Fsp3) is 0.364. The molecule has 1 amide bonds. The summed E-state index contributed by atoms with van der Waals surface area (Å²) in [6.45, 7) is -0.450. The van der Waals surface area contributed by atoms with E-state index in [9.17, 15) is 9.90 Å². The van der Waals surface area contributed by atoms with E-state index in [0.717, 1.165) is 5.56 Å². The van der Waals surface area contributed by atoms with E-state index in [2.05, 4.69) is 5.32 Å². The van der Waals surface area contributed by atoms with Crippen LogP contribution in [0.4, 0.5) is 0 Å². The summed E-state index contributed by atoms with van der Waals surface area (Å²) >= 11 is 0. The normalized spacial score (nSPS) is 9.69. The van der Waals surface area contributed by atoms with Crippen LogP contribution in [-0.2, 0) is 16.4 Å². The van der Waals surface area contributed by atoms with Crippen LogP contribution in [0.15, 0.2) is 18.2 Å². The van der Waals surface area contributed by atoms with Crippen molar-refractivity contribution in [2.45, 2.75) is 6.54 Å². The maximum atomic E-state index is 10.8. The van der Waals surface area contributed by atoms with Crippen LogP contribution < -0.4 is 14.8 Å². The molecule has 0 aliphatic rings. The molecule has 0 saturated carbocycles. The molecule has 1 radical (unpaired) electrons. The van der Waals surface area contributed by atoms with Crippen LogP contribution in [0.2, 0.25) is 0 Å². The molecule has 1 aromatic carbocycles. The largest absolute Gasteiger partial charge is 0.493 e. The minimum absolute atomic E-state index is 0.307. The summed E-state index contributed by atoms with van der Waals surface area (Å²) in [6.07, 6.45) is 0. The second kappa shape index (κ2) is 5.97. The summed E-state index contributed by atoms with van der Waals surface area (Å²) in [7, 11) is 3.09. The molecule has 0 fully saturated rings. The maximum absolute atomic E-state index is 10.8. The minimum Gasteiger partial charge on any atom is -0.493 e. The third-order valence-corrected chi connectivity index (χ3v) is 2.07. The van der Waals surface area contributed by atoms with Crippen LogP contribution in [0.5, 0.6) is 11.5 Å². The lowest BCUT2D eigenvalue weighted by Crippen LogP contribution is -2.25. The number of carbonyl (C=O) groups excluding carboxylic acids is 1. The van der Waals surface area contributed by atoms with Gasteiger partial charge in [0, 0.05) is 6.54 Å². The average Bonchev–Trinajstić information content (AvgIpc) is 2.35. The summed E-state index contributed by atoms with van der Waals surface area (Å²) in [5, 5.41) is 12.7. The van der Waals surface area contributed by atoms with E-state index in [-0.39, 0.29) is 0 Å². The third kappa shape index (κ3) is 3.13. The first-order valence-corrected chi connectivity index (χ1v) is 4.77. The minimum atomic E-state index is -0.757. The lowest BCUT2D eigenvalue weighted by Gasteiger charge is -2.09. The van der Waals surface area contributed by atoms with E-state index < -0.39 is 12.5 Å². The summed E-state index contributed by atoms with van der Waals surface area (Å²) in [5.74, 6) is 0.701. The molecule has 5 heteroatoms. The number of rotatable bonds is 5. The zero-order valence-corrected chi connectivity index (χ0v) is 9.28. The molecule has 0 unspecified atom stereocenters. The van der Waals surface area contributed by atoms with Crippen molar-refractivity contribution in [3.63, 3.8) is 0 Å². The van der Waals surface area contributed by atoms with E-state index in [1.165, 1.54) is 7.11 Å². The molecule has 0 aliphatic carbocycles. The van der Waals surface area contributed by atoms with Gasteiger partial charge in [0.15, 0.2) is 18.1 Å². The number of ether oxygens (including phenoxy) is 2. The van der Waals surface area contributed by atoms with E-state index in [4.69, 9.17) is 9.47 Å². The van der Waals surface area contributed by atoms with E-state index in [1.807, 2.05) is 0 Å². The third-order valence-electron chi connectivity index (χ3n) is 2.07. The highest BCUT2D eigenvalue weighted by molar-refractivity contribution is 5.76. The zero-order chi connectivity index (χ0) is 12.0. The summed E-state index contributed by atoms with van der Waals surface area (Å²) < 4.78 is 10.2. The van der Waals surface area contributed by atoms with Gasteiger partial charge in [0.1, 0.15) is 0 Å². The molecule has 0 atom stereocenters. The van der Waals surface area contributed by atoms with Crippen molar-refractivity contribution in [3.05, 3.63) is 23.8 Å². The van der Waals surface area contributed by atoms with Gasteiger partial charge in [-0.05, 0) is 17.7 Å². The number of amides is 1. The molecule has 87 valence electrons. The van der Waals surface area contributed by atoms with Crippen LogP contribution in [0, 0.1) is 0 Å². The van der Waals surface area contributed by atoms with Crippen molar-refractivity contribution in [3.8, 4) is 11.5 Å². The predicted octanol–water partition coefficient (Wildman–Crippen LogP) is 0.750. The molecule has 0 aromatic heterocycles. The van der Waals surface area contributed by atoms with Crippen molar-refractivity contribution < 1.29 is 19.4 Å². The molecule has 1 N–H and O–H groups in total. The molecule has 5 nitrogen and oxygen atoms in total. The zero-order valence-electron chi connectivity index (χ0n) is 9.28. The van der Waals surface area contributed by atoms with Gasteiger partial charge in [-0.25, -0.2) is 5.11 Å². The van der Waals surface area contributed by atoms with Crippen molar-refractivity contribution in [1.82, 2.24) is 5.32 Å². The molecule has 1 rings (SSSR count). The van der Waals surface area contributed by atoms with Crippen molar-refractivity contribution >= 4 is 5.91 Å². The number of carbonyl (C=O) groups is 1. The van der Waals surface area contributed by atoms with Crippen LogP contribution in [0.25, 0.3) is 0 Å². The fourth-order valence-electron chi connectivity index (χ4n) is 1.24. The summed E-state index contributed by atoms with van der Waals surface area (Å²) in [6, 6.07) is 5.30. The van der Waals surface area contributed by atoms with E-state index in [0.29, 0.717) is 18.0 Å². The van der Waals surface area contributed by atoms with Crippen LogP contribution >= 0.6 is 0 Å². The van der Waals surface area contributed by atoms with Gasteiger partial charge < -0.3 is 14.8 Å². The number of benzene rings is 1. The highest BCUT2D eigenvalue weighted by atomic mass is 16.5. The topological polar surface area (TPSA) is 67.5 Å². The maximum Gasteiger partial charge on any atom is 0.249 e. The lowest BCUT2D eigenvalue weighted by molar-refractivity contribution is -0.125. The van der Waals surface area contributed by atoms with Gasteiger partial charge >= 0.3 is 0 Å². The van der Waals surface area contributed by atoms with Gasteiger partial charge in [-0.1, -0.05) is 6.07 Å². The number of methoxy groups -OCH3 is 2. The Morgan fingerprint density at radius 1 is 1.25 bits per heavy atom. The predicted molar refractivity (Wildman–Crippen MR) is 56.9 cm³/mol. The summed E-state index contributed by atoms with van der Waals surface area (Å²) in [4.78, 5) is 10.8. The van der Waals surface area contributed by atoms with E-state index in [1.54, 1.807) is 25.3 Å². The molecule has 16 heavy (non-hydrogen) atoms. The Hall–Kier alpha value is -1.75. The van der Waals surface area contributed by atoms with Gasteiger partial charge in [0.05, 0.1) is 14.2 Å². The van der Waals surface area contributed by atoms with Crippen molar-refractivity contribution in [1.29, 1.82) is 0 Å². The van der Waals surface area contributed by atoms with Gasteiger partial charge in [-0.2, -0.15) is 0 Å². The Morgan fingerprint density at radius 2 is 1.94 bits per heavy atom. The highest BCUT2D eigenvalue weighted by Crippen LogP contribution is 2.27. The first-order chi connectivity index (χ1) is 7.71. The molecule has 0 bridgehead atoms. The molecule has 0 heterocycles. The lowest BCUT2D eigenvalue weighted by atomic mass is 10.2. The van der Waals surface area contributed by atoms with Gasteiger partial charge in [-0.15, -0.1) is 0 Å². The Bertz CT molecular complexity index is 365. The van der Waals surface area contributed by atoms with Crippen LogP contribution in [0.3, 0.4) is 0 Å². The number of hydrogen-bond acceptors (Lipinski definition) is 3. The molecular formula is C11H14NO4. The second-order valence-corrected chi connectivity index (χ2v) is 3.11. The highest BCUT2D eigenvalue weighted by Gasteiger charge is 2.05. The Kier molecular flexibility index (Phi) is 4.60. The number of hydrogen-bond donors (Lipinski definition) is 1. The van der Waals surface area contributed by atoms with Gasteiger partial charge in [0.25, 0.3) is 0 Å². The van der Waals surface area contributed by atoms with E-state index >= 15 is 0 Å². The first kappa shape index (κ1) is 12.3. The number of nitrogens with one attached hydrogen (secondary N) is 1. The van der Waals surface area contributed by atoms with Crippen molar-refractivity contribution in [2.24, 2.45) is 0 Å². The smallest absolute Gasteiger partial charge is 0.249 e. The van der Waals surface area contributed by atoms with Crippen LogP contribution in [0.1, 0.15) is 5.56 Å². The van der Waals surface area contributed by atoms with Crippen molar-refractivity contribution in [2.75, 3.05) is 20.8 Å². The standard InChI is InChI=1S/C11H14NO4/c1-15-9-4-3-8(5-10(9)16-2)6-12-11(14)7-13/h3-5H,6-7H2,1-2H3,(H,12,14). The molecule has 0 aliphatic heterocycles. The first-order valence-electron chi connectivity index (χ1n) is 4.77. The van der Waals surface area contributed by atoms with Gasteiger partial charge in [0.2, 0.25) is 5.91 Å². The summed E-state index contributed by atoms with van der Waals surface area (Å²) in [5.41, 5.74) is 0.847. The average molecular weight is 224 g/mol. The Balaban J connectivity index is 2.71. The molecular weight excluding hydrogens is 210 g/mol. The van der Waals surface area contributed by atoms with Crippen LogP contribution in [-0.4, -0.2) is 26.7 Å².